The molecule has 6 nitrogen and oxygen atoms in total. The number of amides is 3. The monoisotopic (exact) mass is 378 g/mol. The Morgan fingerprint density at radius 1 is 1.18 bits per heavy atom. The molecule has 2 atom stereocenters. The van der Waals surface area contributed by atoms with Gasteiger partial charge in [0.1, 0.15) is 6.04 Å². The second-order valence-electron chi connectivity index (χ2n) is 6.96. The van der Waals surface area contributed by atoms with E-state index in [0.29, 0.717) is 12.2 Å². The predicted molar refractivity (Wildman–Crippen MR) is 114 cm³/mol. The van der Waals surface area contributed by atoms with E-state index in [1.165, 1.54) is 5.56 Å². The fourth-order valence-corrected chi connectivity index (χ4v) is 3.41. The minimum Gasteiger partial charge on any atom is -0.374 e. The zero-order valence-electron chi connectivity index (χ0n) is 16.2. The van der Waals surface area contributed by atoms with Gasteiger partial charge >= 0.3 is 6.03 Å². The molecule has 0 aliphatic carbocycles. The van der Waals surface area contributed by atoms with Crippen molar-refractivity contribution in [3.05, 3.63) is 66.7 Å². The second-order valence-corrected chi connectivity index (χ2v) is 6.96. The smallest absolute Gasteiger partial charge is 0.319 e. The van der Waals surface area contributed by atoms with Crippen LogP contribution in [0.3, 0.4) is 0 Å². The maximum atomic E-state index is 13.0. The Bertz CT molecular complexity index is 863. The fraction of sp³-hybridized carbons (Fsp3) is 0.273. The summed E-state index contributed by atoms with van der Waals surface area (Å²) in [4.78, 5) is 26.6. The van der Waals surface area contributed by atoms with Crippen molar-refractivity contribution < 1.29 is 9.59 Å². The molecular weight excluding hydrogens is 352 g/mol. The van der Waals surface area contributed by atoms with Crippen LogP contribution in [0.1, 0.15) is 19.4 Å². The molecule has 1 aliphatic rings. The molecule has 2 aromatic carbocycles. The summed E-state index contributed by atoms with van der Waals surface area (Å²) in [5.74, 6) is 0.0449. The van der Waals surface area contributed by atoms with Crippen LogP contribution in [0.5, 0.6) is 0 Å². The molecule has 0 radical (unpaired) electrons. The Balaban J connectivity index is 1.61. The van der Waals surface area contributed by atoms with E-state index in [1.807, 2.05) is 42.2 Å². The van der Waals surface area contributed by atoms with Crippen LogP contribution in [-0.2, 0) is 11.2 Å². The molecule has 3 amide bonds. The summed E-state index contributed by atoms with van der Waals surface area (Å²) in [5, 5.41) is 8.64. The molecule has 2 unspecified atom stereocenters. The number of para-hydroxylation sites is 1. The lowest BCUT2D eigenvalue weighted by molar-refractivity contribution is -0.119. The maximum Gasteiger partial charge on any atom is 0.319 e. The lowest BCUT2D eigenvalue weighted by Crippen LogP contribution is -2.44. The number of rotatable bonds is 6. The zero-order chi connectivity index (χ0) is 20.1. The van der Waals surface area contributed by atoms with Crippen molar-refractivity contribution in [2.24, 2.45) is 0 Å². The van der Waals surface area contributed by atoms with Gasteiger partial charge in [0.05, 0.1) is 0 Å². The SMILES string of the molecule is C=CCNC(=O)Nc1ccc(NC(C)C(=O)N2c3ccccc3CC2C)cc1. The molecule has 28 heavy (non-hydrogen) atoms. The van der Waals surface area contributed by atoms with Crippen LogP contribution >= 0.6 is 0 Å². The third-order valence-electron chi connectivity index (χ3n) is 4.75. The van der Waals surface area contributed by atoms with Gasteiger partial charge in [-0.25, -0.2) is 4.79 Å². The zero-order valence-corrected chi connectivity index (χ0v) is 16.2. The van der Waals surface area contributed by atoms with Crippen molar-refractivity contribution in [2.45, 2.75) is 32.4 Å². The molecule has 0 bridgehead atoms. The van der Waals surface area contributed by atoms with Crippen molar-refractivity contribution in [1.82, 2.24) is 5.32 Å². The molecule has 3 N–H and O–H groups in total. The summed E-state index contributed by atoms with van der Waals surface area (Å²) in [6, 6.07) is 14.8. The van der Waals surface area contributed by atoms with Crippen molar-refractivity contribution in [3.8, 4) is 0 Å². The van der Waals surface area contributed by atoms with E-state index >= 15 is 0 Å². The number of hydrogen-bond acceptors (Lipinski definition) is 3. The van der Waals surface area contributed by atoms with E-state index < -0.39 is 0 Å². The first kappa shape index (κ1) is 19.5. The Morgan fingerprint density at radius 3 is 2.57 bits per heavy atom. The molecule has 0 saturated carbocycles. The number of carbonyl (C=O) groups excluding carboxylic acids is 2. The maximum absolute atomic E-state index is 13.0. The van der Waals surface area contributed by atoms with Gasteiger partial charge in [-0.05, 0) is 56.2 Å². The van der Waals surface area contributed by atoms with Gasteiger partial charge < -0.3 is 20.9 Å². The molecule has 6 heteroatoms. The van der Waals surface area contributed by atoms with Crippen molar-refractivity contribution in [1.29, 1.82) is 0 Å². The molecule has 0 spiro atoms. The third-order valence-corrected chi connectivity index (χ3v) is 4.75. The molecule has 146 valence electrons. The molecular formula is C22H26N4O2. The summed E-state index contributed by atoms with van der Waals surface area (Å²) < 4.78 is 0. The number of nitrogens with zero attached hydrogens (tertiary/aromatic N) is 1. The van der Waals surface area contributed by atoms with Crippen LogP contribution in [0, 0.1) is 0 Å². The van der Waals surface area contributed by atoms with E-state index in [1.54, 1.807) is 18.2 Å². The minimum atomic E-state index is -0.372. The molecule has 0 fully saturated rings. The number of carbonyl (C=O) groups is 2. The molecule has 3 rings (SSSR count). The normalized spacial score (nSPS) is 16.1. The Morgan fingerprint density at radius 2 is 1.86 bits per heavy atom. The molecule has 1 heterocycles. The van der Waals surface area contributed by atoms with Gasteiger partial charge in [-0.2, -0.15) is 0 Å². The average Bonchev–Trinajstić information content (AvgIpc) is 3.03. The fourth-order valence-electron chi connectivity index (χ4n) is 3.41. The lowest BCUT2D eigenvalue weighted by Gasteiger charge is -2.27. The number of hydrogen-bond donors (Lipinski definition) is 3. The first-order valence-corrected chi connectivity index (χ1v) is 9.43. The van der Waals surface area contributed by atoms with Crippen LogP contribution in [0.15, 0.2) is 61.2 Å². The summed E-state index contributed by atoms with van der Waals surface area (Å²) in [7, 11) is 0. The third kappa shape index (κ3) is 4.34. The van der Waals surface area contributed by atoms with E-state index in [2.05, 4.69) is 35.5 Å². The summed E-state index contributed by atoms with van der Waals surface area (Å²) in [6.45, 7) is 7.90. The van der Waals surface area contributed by atoms with Crippen LogP contribution in [0.4, 0.5) is 21.9 Å². The Labute approximate surface area is 165 Å². The van der Waals surface area contributed by atoms with Gasteiger partial charge in [0, 0.05) is 29.6 Å². The van der Waals surface area contributed by atoms with Crippen molar-refractivity contribution in [3.63, 3.8) is 0 Å². The van der Waals surface area contributed by atoms with E-state index in [4.69, 9.17) is 0 Å². The van der Waals surface area contributed by atoms with Gasteiger partial charge in [-0.3, -0.25) is 4.79 Å². The second kappa shape index (κ2) is 8.61. The molecule has 1 aliphatic heterocycles. The van der Waals surface area contributed by atoms with Crippen LogP contribution in [0.25, 0.3) is 0 Å². The summed E-state index contributed by atoms with van der Waals surface area (Å²) >= 11 is 0. The number of urea groups is 1. The minimum absolute atomic E-state index is 0.0449. The predicted octanol–water partition coefficient (Wildman–Crippen LogP) is 3.77. The standard InChI is InChI=1S/C22H26N4O2/c1-4-13-23-22(28)25-19-11-9-18(10-12-19)24-16(3)21(27)26-15(2)14-17-7-5-6-8-20(17)26/h4-12,15-16,24H,1,13-14H2,2-3H3,(H2,23,25,28). The number of benzene rings is 2. The topological polar surface area (TPSA) is 73.5 Å². The Hall–Kier alpha value is -3.28. The summed E-state index contributed by atoms with van der Waals surface area (Å²) in [5.41, 5.74) is 3.70. The highest BCUT2D eigenvalue weighted by molar-refractivity contribution is 6.00. The van der Waals surface area contributed by atoms with Crippen molar-refractivity contribution in [2.75, 3.05) is 22.1 Å². The van der Waals surface area contributed by atoms with Gasteiger partial charge in [-0.15, -0.1) is 6.58 Å². The number of nitrogens with one attached hydrogen (secondary N) is 3. The number of anilines is 3. The first-order valence-electron chi connectivity index (χ1n) is 9.43. The van der Waals surface area contributed by atoms with Gasteiger partial charge in [0.25, 0.3) is 0 Å². The van der Waals surface area contributed by atoms with E-state index in [9.17, 15) is 9.59 Å². The van der Waals surface area contributed by atoms with Gasteiger partial charge in [-0.1, -0.05) is 24.3 Å². The molecule has 0 saturated heterocycles. The quantitative estimate of drug-likeness (QED) is 0.670. The number of fused-ring (bicyclic) bond motifs is 1. The van der Waals surface area contributed by atoms with Gasteiger partial charge in [0.15, 0.2) is 0 Å². The largest absolute Gasteiger partial charge is 0.374 e. The highest BCUT2D eigenvalue weighted by atomic mass is 16.2. The average molecular weight is 378 g/mol. The van der Waals surface area contributed by atoms with Crippen LogP contribution in [0.2, 0.25) is 0 Å². The van der Waals surface area contributed by atoms with Crippen LogP contribution < -0.4 is 20.9 Å². The van der Waals surface area contributed by atoms with Crippen LogP contribution in [-0.4, -0.2) is 30.6 Å². The summed E-state index contributed by atoms with van der Waals surface area (Å²) in [6.07, 6.45) is 2.49. The highest BCUT2D eigenvalue weighted by Gasteiger charge is 2.32. The lowest BCUT2D eigenvalue weighted by atomic mass is 10.1. The Kier molecular flexibility index (Phi) is 5.99. The van der Waals surface area contributed by atoms with E-state index in [0.717, 1.165) is 17.8 Å². The molecule has 2 aromatic rings. The van der Waals surface area contributed by atoms with Gasteiger partial charge in [0.2, 0.25) is 5.91 Å². The van der Waals surface area contributed by atoms with E-state index in [-0.39, 0.29) is 24.0 Å². The molecule has 0 aromatic heterocycles. The van der Waals surface area contributed by atoms with Crippen molar-refractivity contribution >= 4 is 29.0 Å². The highest BCUT2D eigenvalue weighted by Crippen LogP contribution is 2.32. The first-order chi connectivity index (χ1) is 13.5.